The van der Waals surface area contributed by atoms with Crippen molar-refractivity contribution < 1.29 is 22.1 Å². The van der Waals surface area contributed by atoms with Crippen LogP contribution in [-0.4, -0.2) is 15.5 Å². The van der Waals surface area contributed by atoms with Crippen LogP contribution in [0.1, 0.15) is 32.4 Å². The van der Waals surface area contributed by atoms with Crippen molar-refractivity contribution in [3.05, 3.63) is 34.1 Å². The molecule has 0 spiro atoms. The summed E-state index contributed by atoms with van der Waals surface area (Å²) in [5.74, 6) is -0.805. The molecule has 114 valence electrons. The first-order valence-corrected chi connectivity index (χ1v) is 7.57. The van der Waals surface area contributed by atoms with Gasteiger partial charge < -0.3 is 4.55 Å². The first kappa shape index (κ1) is 17.7. The van der Waals surface area contributed by atoms with Gasteiger partial charge in [-0.1, -0.05) is 6.07 Å². The van der Waals surface area contributed by atoms with Crippen LogP contribution in [0.5, 0.6) is 0 Å². The Balaban J connectivity index is 3.11. The van der Waals surface area contributed by atoms with Gasteiger partial charge in [-0.25, -0.2) is 4.39 Å². The summed E-state index contributed by atoms with van der Waals surface area (Å²) in [4.78, 5) is 0. The van der Waals surface area contributed by atoms with Gasteiger partial charge in [-0.2, -0.15) is 13.2 Å². The summed E-state index contributed by atoms with van der Waals surface area (Å²) in [6, 6.07) is 0.906. The lowest BCUT2D eigenvalue weighted by molar-refractivity contribution is -0.153. The van der Waals surface area contributed by atoms with Crippen LogP contribution in [0.25, 0.3) is 0 Å². The molecule has 0 heterocycles. The summed E-state index contributed by atoms with van der Waals surface area (Å²) in [6.07, 6.45) is -4.68. The number of halogens is 5. The summed E-state index contributed by atoms with van der Waals surface area (Å²) < 4.78 is 65.6. The third-order valence-electron chi connectivity index (χ3n) is 2.39. The van der Waals surface area contributed by atoms with Crippen LogP contribution < -0.4 is 4.72 Å². The minimum Gasteiger partial charge on any atom is -0.598 e. The Morgan fingerprint density at radius 1 is 1.25 bits per heavy atom. The second-order valence-electron chi connectivity index (χ2n) is 5.15. The quantitative estimate of drug-likeness (QED) is 0.633. The van der Waals surface area contributed by atoms with Crippen LogP contribution in [0.15, 0.2) is 22.7 Å². The van der Waals surface area contributed by atoms with E-state index in [9.17, 15) is 22.1 Å². The highest BCUT2D eigenvalue weighted by molar-refractivity contribution is 9.10. The molecule has 0 bridgehead atoms. The van der Waals surface area contributed by atoms with Crippen molar-refractivity contribution in [3.8, 4) is 0 Å². The van der Waals surface area contributed by atoms with Crippen LogP contribution in [0.4, 0.5) is 17.6 Å². The van der Waals surface area contributed by atoms with Crippen molar-refractivity contribution in [1.82, 2.24) is 4.72 Å². The highest BCUT2D eigenvalue weighted by Gasteiger charge is 2.45. The topological polar surface area (TPSA) is 35.1 Å². The van der Waals surface area contributed by atoms with Crippen LogP contribution in [0.3, 0.4) is 0 Å². The Morgan fingerprint density at radius 3 is 2.20 bits per heavy atom. The minimum atomic E-state index is -4.68. The molecule has 1 aromatic rings. The molecule has 0 aliphatic carbocycles. The minimum absolute atomic E-state index is 0.0686. The van der Waals surface area contributed by atoms with Gasteiger partial charge in [0, 0.05) is 11.4 Å². The van der Waals surface area contributed by atoms with Gasteiger partial charge in [-0.3, -0.25) is 0 Å². The van der Waals surface area contributed by atoms with Crippen molar-refractivity contribution in [2.75, 3.05) is 0 Å². The molecule has 1 rings (SSSR count). The first-order chi connectivity index (χ1) is 8.93. The van der Waals surface area contributed by atoms with Crippen molar-refractivity contribution >= 4 is 27.3 Å². The SMILES string of the molecule is CC(C)(C)[S@@+]([O-])N[C@@H](c1ccc(Br)c(F)c1)C(F)(F)F. The van der Waals surface area contributed by atoms with Gasteiger partial charge in [-0.15, -0.1) is 4.72 Å². The molecule has 2 nitrogen and oxygen atoms in total. The fourth-order valence-corrected chi connectivity index (χ4v) is 2.38. The lowest BCUT2D eigenvalue weighted by Crippen LogP contribution is -2.45. The van der Waals surface area contributed by atoms with Crippen molar-refractivity contribution in [3.63, 3.8) is 0 Å². The molecular formula is C12H14BrF4NOS. The van der Waals surface area contributed by atoms with Crippen molar-refractivity contribution in [2.24, 2.45) is 0 Å². The van der Waals surface area contributed by atoms with Gasteiger partial charge in [0.2, 0.25) is 0 Å². The highest BCUT2D eigenvalue weighted by Crippen LogP contribution is 2.35. The Kier molecular flexibility index (Phi) is 5.51. The molecule has 0 fully saturated rings. The van der Waals surface area contributed by atoms with E-state index in [4.69, 9.17) is 0 Å². The predicted octanol–water partition coefficient (Wildman–Crippen LogP) is 4.24. The Hall–Kier alpha value is -0.310. The largest absolute Gasteiger partial charge is 0.598 e. The number of alkyl halides is 3. The second kappa shape index (κ2) is 6.21. The predicted molar refractivity (Wildman–Crippen MR) is 73.9 cm³/mol. The molecule has 0 aliphatic rings. The molecule has 0 saturated heterocycles. The summed E-state index contributed by atoms with van der Waals surface area (Å²) in [5, 5.41) is 0. The molecule has 0 saturated carbocycles. The maximum atomic E-state index is 13.4. The van der Waals surface area contributed by atoms with Gasteiger partial charge in [-0.05, 0) is 54.4 Å². The molecule has 0 unspecified atom stereocenters. The zero-order valence-corrected chi connectivity index (χ0v) is 13.4. The molecule has 0 aliphatic heterocycles. The van der Waals surface area contributed by atoms with Gasteiger partial charge in [0.1, 0.15) is 10.6 Å². The molecule has 2 atom stereocenters. The summed E-state index contributed by atoms with van der Waals surface area (Å²) in [7, 11) is 0. The Bertz CT molecular complexity index is 476. The van der Waals surface area contributed by atoms with Gasteiger partial charge in [0.15, 0.2) is 6.04 Å². The van der Waals surface area contributed by atoms with E-state index in [0.29, 0.717) is 0 Å². The fraction of sp³-hybridized carbons (Fsp3) is 0.500. The zero-order valence-electron chi connectivity index (χ0n) is 11.0. The van der Waals surface area contributed by atoms with Crippen LogP contribution in [-0.2, 0) is 11.4 Å². The van der Waals surface area contributed by atoms with E-state index < -0.39 is 34.1 Å². The van der Waals surface area contributed by atoms with Gasteiger partial charge >= 0.3 is 6.18 Å². The van der Waals surface area contributed by atoms with Crippen molar-refractivity contribution in [2.45, 2.75) is 37.7 Å². The first-order valence-electron chi connectivity index (χ1n) is 5.62. The van der Waals surface area contributed by atoms with E-state index in [1.165, 1.54) is 6.07 Å². The second-order valence-corrected chi connectivity index (χ2v) is 8.00. The Morgan fingerprint density at radius 2 is 1.80 bits per heavy atom. The van der Waals surface area contributed by atoms with Gasteiger partial charge in [0.05, 0.1) is 4.47 Å². The summed E-state index contributed by atoms with van der Waals surface area (Å²) in [6.45, 7) is 4.64. The summed E-state index contributed by atoms with van der Waals surface area (Å²) >= 11 is 0.944. The monoisotopic (exact) mass is 375 g/mol. The molecule has 1 aromatic carbocycles. The van der Waals surface area contributed by atoms with E-state index in [2.05, 4.69) is 15.9 Å². The van der Waals surface area contributed by atoms with E-state index >= 15 is 0 Å². The normalized spacial score (nSPS) is 16.1. The molecular weight excluding hydrogens is 362 g/mol. The van der Waals surface area contributed by atoms with E-state index in [0.717, 1.165) is 12.1 Å². The molecule has 20 heavy (non-hydrogen) atoms. The van der Waals surface area contributed by atoms with Crippen LogP contribution >= 0.6 is 15.9 Å². The van der Waals surface area contributed by atoms with Crippen molar-refractivity contribution in [1.29, 1.82) is 0 Å². The number of hydrogen-bond donors (Lipinski definition) is 1. The van der Waals surface area contributed by atoms with E-state index in [1.54, 1.807) is 20.8 Å². The van der Waals surface area contributed by atoms with Crippen LogP contribution in [0.2, 0.25) is 0 Å². The Labute approximate surface area is 126 Å². The zero-order chi connectivity index (χ0) is 15.7. The van der Waals surface area contributed by atoms with E-state index in [1.807, 2.05) is 4.72 Å². The third kappa shape index (κ3) is 4.61. The molecule has 1 N–H and O–H groups in total. The average molecular weight is 376 g/mol. The molecule has 0 amide bonds. The number of nitrogens with one attached hydrogen (secondary N) is 1. The maximum Gasteiger partial charge on any atom is 0.412 e. The van der Waals surface area contributed by atoms with Crippen LogP contribution in [0, 0.1) is 5.82 Å². The maximum absolute atomic E-state index is 13.4. The molecule has 0 radical (unpaired) electrons. The highest BCUT2D eigenvalue weighted by atomic mass is 79.9. The van der Waals surface area contributed by atoms with E-state index in [-0.39, 0.29) is 10.0 Å². The third-order valence-corrected chi connectivity index (χ3v) is 4.59. The number of hydrogen-bond acceptors (Lipinski definition) is 2. The fourth-order valence-electron chi connectivity index (χ4n) is 1.30. The smallest absolute Gasteiger partial charge is 0.412 e. The lowest BCUT2D eigenvalue weighted by Gasteiger charge is -2.29. The molecule has 0 aromatic heterocycles. The van der Waals surface area contributed by atoms with Gasteiger partial charge in [0.25, 0.3) is 0 Å². The number of benzene rings is 1. The molecule has 8 heteroatoms. The summed E-state index contributed by atoms with van der Waals surface area (Å²) in [5.41, 5.74) is -0.323. The standard InChI is InChI=1S/C12H14BrF4NOS/c1-11(2,3)20(19)18-10(12(15,16)17)7-4-5-8(13)9(14)6-7/h4-6,10,18H,1-3H3/t10-,20+/m0/s1. The number of rotatable bonds is 3. The lowest BCUT2D eigenvalue weighted by atomic mass is 10.1. The average Bonchev–Trinajstić information content (AvgIpc) is 2.26.